The van der Waals surface area contributed by atoms with Crippen LogP contribution in [0.2, 0.25) is 0 Å². The number of esters is 3. The van der Waals surface area contributed by atoms with Crippen LogP contribution in [0.4, 0.5) is 0 Å². The van der Waals surface area contributed by atoms with E-state index in [4.69, 9.17) is 18.9 Å². The summed E-state index contributed by atoms with van der Waals surface area (Å²) in [5, 5.41) is 51.8. The Morgan fingerprint density at radius 2 is 1.62 bits per heavy atom. The predicted octanol–water partition coefficient (Wildman–Crippen LogP) is 2.71. The fourth-order valence-electron chi connectivity index (χ4n) is 10.3. The van der Waals surface area contributed by atoms with Crippen LogP contribution in [0.15, 0.2) is 41.5 Å². The minimum Gasteiger partial charge on any atom is -0.456 e. The van der Waals surface area contributed by atoms with E-state index in [0.29, 0.717) is 12.8 Å². The van der Waals surface area contributed by atoms with Gasteiger partial charge in [0.2, 0.25) is 5.91 Å². The summed E-state index contributed by atoms with van der Waals surface area (Å²) < 4.78 is 24.2. The maximum absolute atomic E-state index is 14.9. The normalized spacial score (nSPS) is 36.4. The number of Topliss-reactive ketones (excluding diaryl/α,β-unsaturated/α-hetero) is 1. The molecule has 0 aromatic heterocycles. The van der Waals surface area contributed by atoms with Crippen LogP contribution in [0.5, 0.6) is 0 Å². The number of aliphatic hydroxyl groups is 4. The average Bonchev–Trinajstić information content (AvgIpc) is 3.67. The van der Waals surface area contributed by atoms with Crippen LogP contribution < -0.4 is 5.32 Å². The zero-order valence-electron chi connectivity index (χ0n) is 33.5. The lowest BCUT2D eigenvalue weighted by Gasteiger charge is -2.67. The van der Waals surface area contributed by atoms with Crippen LogP contribution >= 0.6 is 0 Å². The van der Waals surface area contributed by atoms with E-state index in [1.54, 1.807) is 59.7 Å². The maximum Gasteiger partial charge on any atom is 0.338 e. The lowest BCUT2D eigenvalue weighted by molar-refractivity contribution is -0.346. The van der Waals surface area contributed by atoms with Crippen LogP contribution in [0.3, 0.4) is 0 Å². The number of amides is 1. The highest BCUT2D eigenvalue weighted by Gasteiger charge is 2.78. The van der Waals surface area contributed by atoms with Crippen molar-refractivity contribution in [1.82, 2.24) is 5.32 Å². The highest BCUT2D eigenvalue weighted by Crippen LogP contribution is 2.64. The molecule has 1 aromatic rings. The largest absolute Gasteiger partial charge is 0.456 e. The van der Waals surface area contributed by atoms with Crippen molar-refractivity contribution in [2.75, 3.05) is 6.61 Å². The molecule has 4 fully saturated rings. The van der Waals surface area contributed by atoms with Gasteiger partial charge in [0.05, 0.1) is 35.6 Å². The summed E-state index contributed by atoms with van der Waals surface area (Å²) in [6.07, 6.45) is -6.89. The predicted molar refractivity (Wildman–Crippen MR) is 198 cm³/mol. The zero-order valence-corrected chi connectivity index (χ0v) is 33.5. The molecule has 3 saturated carbocycles. The standard InChI is InChI=1S/C42H57NO13/c1-21-25(54-37(51)30(47)32(38(3,4)5)43-35(49)23-14-12-13-15-23)19-42(52)34(55-36(50)24-16-10-9-11-17-24)31-40(8,33(48)29(46)28(21)39(42,6)7)26(45)18-27-41(31,20-53-27)56-22(2)44/h9-11,16-17,23,25-27,29-32,34,45-47,52H,12-15,18-20H2,1-8H3,(H,43,49)/t25-,26-,27?,29+,30+,31-,32-,34-,40+,41-,42+/m0/s1. The van der Waals surface area contributed by atoms with Crippen molar-refractivity contribution in [1.29, 1.82) is 0 Å². The zero-order chi connectivity index (χ0) is 41.3. The molecule has 1 saturated heterocycles. The molecule has 56 heavy (non-hydrogen) atoms. The molecule has 14 heteroatoms. The molecule has 0 spiro atoms. The van der Waals surface area contributed by atoms with E-state index in [0.717, 1.165) is 12.8 Å². The van der Waals surface area contributed by atoms with Gasteiger partial charge < -0.3 is 44.7 Å². The van der Waals surface area contributed by atoms with Crippen molar-refractivity contribution >= 4 is 29.6 Å². The topological polar surface area (TPSA) is 215 Å². The number of hydrogen-bond acceptors (Lipinski definition) is 13. The molecule has 2 bridgehead atoms. The van der Waals surface area contributed by atoms with Crippen LogP contribution in [0.25, 0.3) is 0 Å². The number of ether oxygens (including phenoxy) is 4. The monoisotopic (exact) mass is 783 g/mol. The fourth-order valence-corrected chi connectivity index (χ4v) is 10.3. The second kappa shape index (κ2) is 14.6. The van der Waals surface area contributed by atoms with E-state index in [2.05, 4.69) is 5.32 Å². The Bertz CT molecular complexity index is 1780. The Kier molecular flexibility index (Phi) is 10.9. The second-order valence-electron chi connectivity index (χ2n) is 18.4. The molecule has 1 aliphatic heterocycles. The molecule has 5 aliphatic rings. The van der Waals surface area contributed by atoms with E-state index >= 15 is 0 Å². The van der Waals surface area contributed by atoms with Gasteiger partial charge in [-0.1, -0.05) is 65.7 Å². The lowest BCUT2D eigenvalue weighted by atomic mass is 9.44. The Morgan fingerprint density at radius 3 is 2.18 bits per heavy atom. The molecule has 5 N–H and O–H groups in total. The minimum absolute atomic E-state index is 0.0217. The molecule has 308 valence electrons. The summed E-state index contributed by atoms with van der Waals surface area (Å²) >= 11 is 0. The number of hydrogen-bond donors (Lipinski definition) is 5. The van der Waals surface area contributed by atoms with E-state index in [1.165, 1.54) is 26.0 Å². The maximum atomic E-state index is 14.9. The van der Waals surface area contributed by atoms with Crippen molar-refractivity contribution < 1.29 is 63.3 Å². The van der Waals surface area contributed by atoms with Gasteiger partial charge in [0.25, 0.3) is 0 Å². The van der Waals surface area contributed by atoms with Gasteiger partial charge in [-0.3, -0.25) is 14.4 Å². The highest BCUT2D eigenvalue weighted by atomic mass is 16.6. The molecule has 0 radical (unpaired) electrons. The molecule has 6 rings (SSSR count). The number of ketones is 1. The van der Waals surface area contributed by atoms with Gasteiger partial charge in [-0.2, -0.15) is 0 Å². The minimum atomic E-state index is -2.31. The average molecular weight is 784 g/mol. The van der Waals surface area contributed by atoms with Gasteiger partial charge in [-0.15, -0.1) is 0 Å². The number of aliphatic hydroxyl groups excluding tert-OH is 3. The quantitative estimate of drug-likeness (QED) is 0.146. The number of carbonyl (C=O) groups is 5. The van der Waals surface area contributed by atoms with E-state index < -0.39 is 106 Å². The van der Waals surface area contributed by atoms with Crippen LogP contribution in [0, 0.1) is 28.1 Å². The van der Waals surface area contributed by atoms with Gasteiger partial charge in [-0.25, -0.2) is 9.59 Å². The lowest BCUT2D eigenvalue weighted by Crippen LogP contribution is -2.81. The number of rotatable bonds is 8. The van der Waals surface area contributed by atoms with E-state index in [9.17, 15) is 44.4 Å². The first-order valence-electron chi connectivity index (χ1n) is 19.6. The van der Waals surface area contributed by atoms with Crippen molar-refractivity contribution in [3.05, 3.63) is 47.0 Å². The summed E-state index contributed by atoms with van der Waals surface area (Å²) in [5.41, 5.74) is -8.10. The number of benzene rings is 1. The number of carbonyl (C=O) groups excluding carboxylic acids is 5. The molecule has 1 unspecified atom stereocenters. The number of nitrogens with one attached hydrogen (secondary N) is 1. The molecule has 1 amide bonds. The highest BCUT2D eigenvalue weighted by molar-refractivity contribution is 5.94. The van der Waals surface area contributed by atoms with Gasteiger partial charge in [0.1, 0.15) is 30.0 Å². The summed E-state index contributed by atoms with van der Waals surface area (Å²) in [6.45, 7) is 12.3. The summed E-state index contributed by atoms with van der Waals surface area (Å²) in [4.78, 5) is 69.1. The molecular formula is C42H57NO13. The first-order chi connectivity index (χ1) is 26.0. The summed E-state index contributed by atoms with van der Waals surface area (Å²) in [5.74, 6) is -5.66. The first-order valence-corrected chi connectivity index (χ1v) is 19.6. The van der Waals surface area contributed by atoms with Crippen molar-refractivity contribution in [3.8, 4) is 0 Å². The molecule has 4 aliphatic carbocycles. The van der Waals surface area contributed by atoms with Gasteiger partial charge >= 0.3 is 17.9 Å². The van der Waals surface area contributed by atoms with E-state index in [1.807, 2.05) is 0 Å². The van der Waals surface area contributed by atoms with Crippen LogP contribution in [-0.2, 0) is 38.1 Å². The van der Waals surface area contributed by atoms with Crippen LogP contribution in [-0.4, -0.2) is 110 Å². The smallest absolute Gasteiger partial charge is 0.338 e. The third-order valence-electron chi connectivity index (χ3n) is 13.7. The summed E-state index contributed by atoms with van der Waals surface area (Å²) in [6, 6.07) is 6.86. The Hall–Kier alpha value is -3.69. The van der Waals surface area contributed by atoms with Crippen molar-refractivity contribution in [2.45, 2.75) is 148 Å². The van der Waals surface area contributed by atoms with Gasteiger partial charge in [0.15, 0.2) is 17.5 Å². The molecular weight excluding hydrogens is 726 g/mol. The fraction of sp³-hybridized carbons (Fsp3) is 0.690. The molecule has 11 atom stereocenters. The third-order valence-corrected chi connectivity index (χ3v) is 13.7. The van der Waals surface area contributed by atoms with Gasteiger partial charge in [0, 0.05) is 31.1 Å². The first kappa shape index (κ1) is 41.9. The third kappa shape index (κ3) is 6.58. The number of fused-ring (bicyclic) bond motifs is 5. The Labute approximate surface area is 327 Å². The van der Waals surface area contributed by atoms with Crippen molar-refractivity contribution in [3.63, 3.8) is 0 Å². The Morgan fingerprint density at radius 1 is 1.00 bits per heavy atom. The molecule has 14 nitrogen and oxygen atoms in total. The second-order valence-corrected chi connectivity index (χ2v) is 18.4. The molecule has 1 aromatic carbocycles. The van der Waals surface area contributed by atoms with Crippen molar-refractivity contribution in [2.24, 2.45) is 28.1 Å². The van der Waals surface area contributed by atoms with E-state index in [-0.39, 0.29) is 41.6 Å². The Balaban J connectivity index is 1.48. The van der Waals surface area contributed by atoms with Gasteiger partial charge in [-0.05, 0) is 55.4 Å². The van der Waals surface area contributed by atoms with Crippen LogP contribution in [0.1, 0.15) is 104 Å². The molecule has 1 heterocycles. The summed E-state index contributed by atoms with van der Waals surface area (Å²) in [7, 11) is 0. The SMILES string of the molecule is CC(=O)O[C@@]12COC1C[C@H](O)[C@@]1(C)C(=O)[C@H](O)C3=C(C)[C@@H](OC(=O)[C@H](O)[C@H](NC(=O)C4CCCC4)C(C)(C)C)C[C@@](O)([C@@H](OC(=O)c4ccccc4)[C@@H]12)C3(C)C.